The second kappa shape index (κ2) is 4.52. The van der Waals surface area contributed by atoms with Gasteiger partial charge in [0.05, 0.1) is 0 Å². The Morgan fingerprint density at radius 1 is 1.25 bits per heavy atom. The van der Waals surface area contributed by atoms with Crippen molar-refractivity contribution in [3.8, 4) is 11.5 Å². The number of carboxylic acids is 1. The van der Waals surface area contributed by atoms with Crippen molar-refractivity contribution in [2.75, 3.05) is 0 Å². The lowest BCUT2D eigenvalue weighted by molar-refractivity contribution is -0.119. The predicted octanol–water partition coefficient (Wildman–Crippen LogP) is 0.432. The van der Waals surface area contributed by atoms with E-state index in [1.807, 2.05) is 0 Å². The SMILES string of the molecule is CC(=O)NCc1cc(O)c(C(=O)O)cc1O. The normalized spacial score (nSPS) is 9.81. The van der Waals surface area contributed by atoms with Gasteiger partial charge in [0.2, 0.25) is 5.91 Å². The van der Waals surface area contributed by atoms with E-state index in [9.17, 15) is 19.8 Å². The Hall–Kier alpha value is -2.24. The van der Waals surface area contributed by atoms with Gasteiger partial charge in [-0.2, -0.15) is 0 Å². The highest BCUT2D eigenvalue weighted by molar-refractivity contribution is 5.91. The summed E-state index contributed by atoms with van der Waals surface area (Å²) in [4.78, 5) is 21.2. The Bertz CT molecular complexity index is 441. The summed E-state index contributed by atoms with van der Waals surface area (Å²) in [5, 5.41) is 29.9. The molecule has 1 rings (SSSR count). The quantitative estimate of drug-likeness (QED) is 0.558. The number of rotatable bonds is 3. The Labute approximate surface area is 91.1 Å². The summed E-state index contributed by atoms with van der Waals surface area (Å²) in [7, 11) is 0. The topological polar surface area (TPSA) is 107 Å². The lowest BCUT2D eigenvalue weighted by Gasteiger charge is -2.07. The van der Waals surface area contributed by atoms with Crippen LogP contribution in [0.3, 0.4) is 0 Å². The smallest absolute Gasteiger partial charge is 0.339 e. The highest BCUT2D eigenvalue weighted by Crippen LogP contribution is 2.27. The first-order valence-corrected chi connectivity index (χ1v) is 4.44. The molecule has 0 radical (unpaired) electrons. The zero-order chi connectivity index (χ0) is 12.3. The van der Waals surface area contributed by atoms with Crippen LogP contribution >= 0.6 is 0 Å². The summed E-state index contributed by atoms with van der Waals surface area (Å²) in [5.74, 6) is -2.37. The fraction of sp³-hybridized carbons (Fsp3) is 0.200. The van der Waals surface area contributed by atoms with Crippen molar-refractivity contribution in [2.45, 2.75) is 13.5 Å². The number of hydrogen-bond donors (Lipinski definition) is 4. The molecule has 6 heteroatoms. The van der Waals surface area contributed by atoms with Crippen molar-refractivity contribution in [1.82, 2.24) is 5.32 Å². The molecule has 4 N–H and O–H groups in total. The minimum absolute atomic E-state index is 0.0224. The van der Waals surface area contributed by atoms with Crippen LogP contribution < -0.4 is 5.32 Å². The van der Waals surface area contributed by atoms with Gasteiger partial charge in [-0.3, -0.25) is 4.79 Å². The van der Waals surface area contributed by atoms with E-state index in [1.165, 1.54) is 6.92 Å². The van der Waals surface area contributed by atoms with Crippen LogP contribution in [-0.2, 0) is 11.3 Å². The molecule has 1 aromatic rings. The third kappa shape index (κ3) is 2.63. The van der Waals surface area contributed by atoms with Crippen LogP contribution in [-0.4, -0.2) is 27.2 Å². The highest BCUT2D eigenvalue weighted by Gasteiger charge is 2.13. The molecule has 0 fully saturated rings. The lowest BCUT2D eigenvalue weighted by atomic mass is 10.1. The zero-order valence-corrected chi connectivity index (χ0v) is 8.52. The number of hydrogen-bond acceptors (Lipinski definition) is 4. The van der Waals surface area contributed by atoms with Crippen LogP contribution in [0.1, 0.15) is 22.8 Å². The molecular weight excluding hydrogens is 214 g/mol. The Balaban J connectivity index is 3.01. The third-order valence-electron chi connectivity index (χ3n) is 1.96. The third-order valence-corrected chi connectivity index (χ3v) is 1.96. The van der Waals surface area contributed by atoms with Gasteiger partial charge in [-0.25, -0.2) is 4.79 Å². The van der Waals surface area contributed by atoms with Crippen LogP contribution in [0.5, 0.6) is 11.5 Å². The molecule has 86 valence electrons. The molecule has 0 heterocycles. The van der Waals surface area contributed by atoms with Gasteiger partial charge in [-0.05, 0) is 12.1 Å². The molecule has 0 unspecified atom stereocenters. The number of carboxylic acid groups (broad SMARTS) is 1. The van der Waals surface area contributed by atoms with E-state index in [0.29, 0.717) is 0 Å². The fourth-order valence-electron chi connectivity index (χ4n) is 1.15. The molecule has 1 amide bonds. The number of benzene rings is 1. The number of nitrogens with one attached hydrogen (secondary N) is 1. The molecule has 16 heavy (non-hydrogen) atoms. The maximum atomic E-state index is 10.6. The largest absolute Gasteiger partial charge is 0.508 e. The molecule has 0 atom stereocenters. The predicted molar refractivity (Wildman–Crippen MR) is 54.3 cm³/mol. The van der Waals surface area contributed by atoms with E-state index in [1.54, 1.807) is 0 Å². The number of aromatic carboxylic acids is 1. The first kappa shape index (κ1) is 11.8. The van der Waals surface area contributed by atoms with Crippen LogP contribution in [0.2, 0.25) is 0 Å². The molecule has 0 saturated carbocycles. The molecule has 0 bridgehead atoms. The monoisotopic (exact) mass is 225 g/mol. The number of phenolic OH excluding ortho intramolecular Hbond substituents is 1. The minimum Gasteiger partial charge on any atom is -0.508 e. The van der Waals surface area contributed by atoms with Crippen molar-refractivity contribution >= 4 is 11.9 Å². The van der Waals surface area contributed by atoms with Gasteiger partial charge in [-0.1, -0.05) is 0 Å². The second-order valence-electron chi connectivity index (χ2n) is 3.21. The zero-order valence-electron chi connectivity index (χ0n) is 8.52. The van der Waals surface area contributed by atoms with Crippen molar-refractivity contribution in [3.05, 3.63) is 23.3 Å². The van der Waals surface area contributed by atoms with Crippen LogP contribution in [0.25, 0.3) is 0 Å². The van der Waals surface area contributed by atoms with Gasteiger partial charge in [0.25, 0.3) is 0 Å². The molecule has 0 aliphatic rings. The summed E-state index contributed by atoms with van der Waals surface area (Å²) < 4.78 is 0. The van der Waals surface area contributed by atoms with Crippen molar-refractivity contribution in [2.24, 2.45) is 0 Å². The number of aromatic hydroxyl groups is 2. The van der Waals surface area contributed by atoms with Crippen LogP contribution in [0.4, 0.5) is 0 Å². The van der Waals surface area contributed by atoms with E-state index >= 15 is 0 Å². The van der Waals surface area contributed by atoms with Gasteiger partial charge < -0.3 is 20.6 Å². The summed E-state index contributed by atoms with van der Waals surface area (Å²) in [5.41, 5.74) is -0.137. The molecular formula is C10H11NO5. The minimum atomic E-state index is -1.33. The van der Waals surface area contributed by atoms with Crippen LogP contribution in [0, 0.1) is 0 Å². The molecule has 0 aliphatic carbocycles. The Kier molecular flexibility index (Phi) is 3.34. The van der Waals surface area contributed by atoms with Crippen LogP contribution in [0.15, 0.2) is 12.1 Å². The van der Waals surface area contributed by atoms with E-state index in [-0.39, 0.29) is 29.3 Å². The van der Waals surface area contributed by atoms with E-state index in [4.69, 9.17) is 5.11 Å². The van der Waals surface area contributed by atoms with Gasteiger partial charge in [0.15, 0.2) is 0 Å². The number of carbonyl (C=O) groups excluding carboxylic acids is 1. The summed E-state index contributed by atoms with van der Waals surface area (Å²) in [6.45, 7) is 1.33. The van der Waals surface area contributed by atoms with E-state index in [0.717, 1.165) is 12.1 Å². The maximum Gasteiger partial charge on any atom is 0.339 e. The molecule has 0 spiro atoms. The summed E-state index contributed by atoms with van der Waals surface area (Å²) in [6, 6.07) is 2.05. The van der Waals surface area contributed by atoms with Crippen molar-refractivity contribution in [3.63, 3.8) is 0 Å². The van der Waals surface area contributed by atoms with Gasteiger partial charge in [-0.15, -0.1) is 0 Å². The standard InChI is InChI=1S/C10H11NO5/c1-5(12)11-4-6-2-9(14)7(10(15)16)3-8(6)13/h2-3,13-14H,4H2,1H3,(H,11,12)(H,15,16). The van der Waals surface area contributed by atoms with Gasteiger partial charge in [0, 0.05) is 19.0 Å². The number of carbonyl (C=O) groups is 2. The average Bonchev–Trinajstić information content (AvgIpc) is 2.18. The van der Waals surface area contributed by atoms with E-state index in [2.05, 4.69) is 5.32 Å². The molecule has 0 aromatic heterocycles. The van der Waals surface area contributed by atoms with Crippen molar-refractivity contribution < 1.29 is 24.9 Å². The van der Waals surface area contributed by atoms with Crippen molar-refractivity contribution in [1.29, 1.82) is 0 Å². The second-order valence-corrected chi connectivity index (χ2v) is 3.21. The summed E-state index contributed by atoms with van der Waals surface area (Å²) >= 11 is 0. The molecule has 6 nitrogen and oxygen atoms in total. The number of amides is 1. The first-order valence-electron chi connectivity index (χ1n) is 4.44. The summed E-state index contributed by atoms with van der Waals surface area (Å²) in [6.07, 6.45) is 0. The maximum absolute atomic E-state index is 10.6. The molecule has 0 aliphatic heterocycles. The Morgan fingerprint density at radius 2 is 1.88 bits per heavy atom. The Morgan fingerprint density at radius 3 is 2.38 bits per heavy atom. The first-order chi connectivity index (χ1) is 7.41. The highest BCUT2D eigenvalue weighted by atomic mass is 16.4. The van der Waals surface area contributed by atoms with Gasteiger partial charge >= 0.3 is 5.97 Å². The number of phenols is 2. The fourth-order valence-corrected chi connectivity index (χ4v) is 1.15. The van der Waals surface area contributed by atoms with Gasteiger partial charge in [0.1, 0.15) is 17.1 Å². The average molecular weight is 225 g/mol. The van der Waals surface area contributed by atoms with E-state index < -0.39 is 11.7 Å². The molecule has 1 aromatic carbocycles. The lowest BCUT2D eigenvalue weighted by Crippen LogP contribution is -2.19. The molecule has 0 saturated heterocycles.